The topological polar surface area (TPSA) is 68.0 Å². The Kier molecular flexibility index (Phi) is 4.99. The average molecular weight is 375 g/mol. The zero-order valence-electron chi connectivity index (χ0n) is 16.6. The lowest BCUT2D eigenvalue weighted by Gasteiger charge is -2.27. The smallest absolute Gasteiger partial charge is 0.220 e. The number of rotatable bonds is 4. The summed E-state index contributed by atoms with van der Waals surface area (Å²) in [4.78, 5) is 16.4. The van der Waals surface area contributed by atoms with Crippen molar-refractivity contribution in [3.8, 4) is 22.3 Å². The van der Waals surface area contributed by atoms with E-state index in [0.29, 0.717) is 6.42 Å². The van der Waals surface area contributed by atoms with E-state index >= 15 is 0 Å². The molecule has 0 unspecified atom stereocenters. The highest BCUT2D eigenvalue weighted by molar-refractivity contribution is 5.77. The number of nitrogens with one attached hydrogen (secondary N) is 1. The van der Waals surface area contributed by atoms with Gasteiger partial charge in [-0.3, -0.25) is 9.78 Å². The quantitative estimate of drug-likeness (QED) is 0.702. The van der Waals surface area contributed by atoms with Gasteiger partial charge in [-0.15, -0.1) is 0 Å². The number of carbonyl (C=O) groups is 1. The van der Waals surface area contributed by atoms with Crippen molar-refractivity contribution < 1.29 is 9.32 Å². The monoisotopic (exact) mass is 375 g/mol. The van der Waals surface area contributed by atoms with Crippen LogP contribution in [0.25, 0.3) is 22.3 Å². The number of nitrogens with zero attached hydrogens (tertiary/aromatic N) is 2. The summed E-state index contributed by atoms with van der Waals surface area (Å²) in [6.45, 7) is 5.78. The summed E-state index contributed by atoms with van der Waals surface area (Å²) in [6, 6.07) is 8.55. The Labute approximate surface area is 165 Å². The molecule has 1 aliphatic rings. The molecule has 5 heteroatoms. The number of hydrogen-bond acceptors (Lipinski definition) is 4. The molecule has 28 heavy (non-hydrogen) atoms. The molecule has 1 aliphatic carbocycles. The molecule has 0 aliphatic heterocycles. The standard InChI is InChI=1S/C23H25N3O2/c1-4-22(27)25-21-7-5-6-18-19(12-24-13-20(18)21)16-8-10-17(11-9-16)23-14(2)26-28-15(23)3/h8-13,21H,4-7H2,1-3H3,(H,25,27)/t21-/m1/s1. The van der Waals surface area contributed by atoms with E-state index in [9.17, 15) is 4.79 Å². The summed E-state index contributed by atoms with van der Waals surface area (Å²) < 4.78 is 5.30. The third kappa shape index (κ3) is 3.33. The van der Waals surface area contributed by atoms with Gasteiger partial charge in [-0.1, -0.05) is 36.3 Å². The van der Waals surface area contributed by atoms with Gasteiger partial charge in [0.2, 0.25) is 5.91 Å². The number of hydrogen-bond donors (Lipinski definition) is 1. The Balaban J connectivity index is 1.69. The SMILES string of the molecule is CCC(=O)N[C@@H]1CCCc2c(-c3ccc(-c4c(C)noc4C)cc3)cncc21. The first-order valence-corrected chi connectivity index (χ1v) is 9.88. The van der Waals surface area contributed by atoms with Crippen LogP contribution in [0.1, 0.15) is 54.8 Å². The summed E-state index contributed by atoms with van der Waals surface area (Å²) in [5, 5.41) is 7.20. The Morgan fingerprint density at radius 2 is 1.93 bits per heavy atom. The molecule has 0 saturated carbocycles. The second-order valence-corrected chi connectivity index (χ2v) is 7.40. The predicted molar refractivity (Wildman–Crippen MR) is 109 cm³/mol. The minimum Gasteiger partial charge on any atom is -0.361 e. The molecule has 144 valence electrons. The van der Waals surface area contributed by atoms with Gasteiger partial charge in [0.1, 0.15) is 5.76 Å². The molecule has 0 saturated heterocycles. The van der Waals surface area contributed by atoms with Crippen LogP contribution in [0, 0.1) is 13.8 Å². The van der Waals surface area contributed by atoms with Crippen molar-refractivity contribution in [3.63, 3.8) is 0 Å². The number of aromatic nitrogens is 2. The van der Waals surface area contributed by atoms with Crippen LogP contribution in [0.15, 0.2) is 41.2 Å². The molecule has 0 bridgehead atoms. The van der Waals surface area contributed by atoms with Crippen LogP contribution in [-0.4, -0.2) is 16.0 Å². The van der Waals surface area contributed by atoms with Crippen molar-refractivity contribution in [2.24, 2.45) is 0 Å². The van der Waals surface area contributed by atoms with E-state index in [1.807, 2.05) is 33.2 Å². The minimum absolute atomic E-state index is 0.0604. The van der Waals surface area contributed by atoms with Gasteiger partial charge >= 0.3 is 0 Å². The normalized spacial score (nSPS) is 15.9. The number of carbonyl (C=O) groups excluding carboxylic acids is 1. The van der Waals surface area contributed by atoms with Crippen molar-refractivity contribution in [2.45, 2.75) is 52.5 Å². The molecule has 4 rings (SSSR count). The number of benzene rings is 1. The van der Waals surface area contributed by atoms with Gasteiger partial charge in [0, 0.05) is 29.9 Å². The third-order valence-electron chi connectivity index (χ3n) is 5.56. The van der Waals surface area contributed by atoms with E-state index < -0.39 is 0 Å². The van der Waals surface area contributed by atoms with Crippen molar-refractivity contribution >= 4 is 5.91 Å². The van der Waals surface area contributed by atoms with Crippen LogP contribution in [0.4, 0.5) is 0 Å². The van der Waals surface area contributed by atoms with Crippen LogP contribution in [0.5, 0.6) is 0 Å². The van der Waals surface area contributed by atoms with Gasteiger partial charge in [-0.05, 0) is 55.4 Å². The second-order valence-electron chi connectivity index (χ2n) is 7.40. The lowest BCUT2D eigenvalue weighted by atomic mass is 9.84. The Morgan fingerprint density at radius 3 is 2.61 bits per heavy atom. The maximum Gasteiger partial charge on any atom is 0.220 e. The zero-order chi connectivity index (χ0) is 19.7. The molecule has 2 heterocycles. The number of aryl methyl sites for hydroxylation is 2. The molecule has 0 spiro atoms. The molecule has 3 aromatic rings. The molecule has 1 N–H and O–H groups in total. The fraction of sp³-hybridized carbons (Fsp3) is 0.348. The lowest BCUT2D eigenvalue weighted by molar-refractivity contribution is -0.121. The Bertz CT molecular complexity index is 986. The second kappa shape index (κ2) is 7.58. The predicted octanol–water partition coefficient (Wildman–Crippen LogP) is 4.92. The van der Waals surface area contributed by atoms with E-state index in [1.165, 1.54) is 5.56 Å². The van der Waals surface area contributed by atoms with Gasteiger partial charge in [0.25, 0.3) is 0 Å². The molecule has 1 amide bonds. The molecular weight excluding hydrogens is 350 g/mol. The number of amides is 1. The highest BCUT2D eigenvalue weighted by Crippen LogP contribution is 2.36. The fourth-order valence-corrected chi connectivity index (χ4v) is 4.13. The van der Waals surface area contributed by atoms with Crippen LogP contribution in [0.2, 0.25) is 0 Å². The molecule has 0 radical (unpaired) electrons. The Hall–Kier alpha value is -2.95. The number of fused-ring (bicyclic) bond motifs is 1. The van der Waals surface area contributed by atoms with Gasteiger partial charge in [-0.25, -0.2) is 0 Å². The summed E-state index contributed by atoms with van der Waals surface area (Å²) in [7, 11) is 0. The van der Waals surface area contributed by atoms with Gasteiger partial charge in [-0.2, -0.15) is 0 Å². The summed E-state index contributed by atoms with van der Waals surface area (Å²) in [5.41, 5.74) is 7.81. The first-order chi connectivity index (χ1) is 13.6. The molecule has 2 aromatic heterocycles. The highest BCUT2D eigenvalue weighted by Gasteiger charge is 2.24. The summed E-state index contributed by atoms with van der Waals surface area (Å²) in [6.07, 6.45) is 7.40. The summed E-state index contributed by atoms with van der Waals surface area (Å²) in [5.74, 6) is 0.922. The lowest BCUT2D eigenvalue weighted by Crippen LogP contribution is -2.30. The maximum absolute atomic E-state index is 11.9. The van der Waals surface area contributed by atoms with Gasteiger partial charge < -0.3 is 9.84 Å². The van der Waals surface area contributed by atoms with E-state index in [-0.39, 0.29) is 11.9 Å². The highest BCUT2D eigenvalue weighted by atomic mass is 16.5. The van der Waals surface area contributed by atoms with E-state index in [1.54, 1.807) is 0 Å². The molecule has 1 aromatic carbocycles. The fourth-order valence-electron chi connectivity index (χ4n) is 4.13. The molecule has 0 fully saturated rings. The van der Waals surface area contributed by atoms with Crippen LogP contribution >= 0.6 is 0 Å². The summed E-state index contributed by atoms with van der Waals surface area (Å²) >= 11 is 0. The van der Waals surface area contributed by atoms with Gasteiger partial charge in [0.05, 0.1) is 11.7 Å². The third-order valence-corrected chi connectivity index (χ3v) is 5.56. The Morgan fingerprint density at radius 1 is 1.18 bits per heavy atom. The minimum atomic E-state index is 0.0604. The van der Waals surface area contributed by atoms with Gasteiger partial charge in [0.15, 0.2) is 0 Å². The van der Waals surface area contributed by atoms with E-state index in [2.05, 4.69) is 39.7 Å². The average Bonchev–Trinajstić information content (AvgIpc) is 3.06. The van der Waals surface area contributed by atoms with Crippen molar-refractivity contribution in [1.29, 1.82) is 0 Å². The molecule has 5 nitrogen and oxygen atoms in total. The first kappa shape index (κ1) is 18.4. The zero-order valence-corrected chi connectivity index (χ0v) is 16.6. The van der Waals surface area contributed by atoms with E-state index in [4.69, 9.17) is 4.52 Å². The first-order valence-electron chi connectivity index (χ1n) is 9.88. The van der Waals surface area contributed by atoms with Crippen molar-refractivity contribution in [1.82, 2.24) is 15.5 Å². The van der Waals surface area contributed by atoms with Crippen LogP contribution in [0.3, 0.4) is 0 Å². The number of pyridine rings is 1. The molecular formula is C23H25N3O2. The largest absolute Gasteiger partial charge is 0.361 e. The molecule has 1 atom stereocenters. The van der Waals surface area contributed by atoms with Crippen molar-refractivity contribution in [3.05, 3.63) is 59.2 Å². The van der Waals surface area contributed by atoms with E-state index in [0.717, 1.165) is 58.5 Å². The van der Waals surface area contributed by atoms with Crippen molar-refractivity contribution in [2.75, 3.05) is 0 Å². The van der Waals surface area contributed by atoms with Crippen LogP contribution in [-0.2, 0) is 11.2 Å². The van der Waals surface area contributed by atoms with Crippen LogP contribution < -0.4 is 5.32 Å². The maximum atomic E-state index is 11.9.